The van der Waals surface area contributed by atoms with Crippen molar-refractivity contribution < 1.29 is 9.13 Å². The van der Waals surface area contributed by atoms with Gasteiger partial charge in [-0.25, -0.2) is 4.39 Å². The number of nitrogens with zero attached hydrogens (tertiary/aromatic N) is 1. The highest BCUT2D eigenvalue weighted by atomic mass is 19.1. The van der Waals surface area contributed by atoms with Crippen molar-refractivity contribution in [1.29, 1.82) is 5.26 Å². The van der Waals surface area contributed by atoms with Gasteiger partial charge in [0.05, 0.1) is 19.3 Å². The van der Waals surface area contributed by atoms with Gasteiger partial charge in [0.15, 0.2) is 0 Å². The Balaban J connectivity index is 2.45. The molecule has 0 aromatic heterocycles. The number of hydrogen-bond acceptors (Lipinski definition) is 2. The number of hydrogen-bond donors (Lipinski definition) is 0. The summed E-state index contributed by atoms with van der Waals surface area (Å²) in [7, 11) is 0. The Labute approximate surface area is 46.9 Å². The quantitative estimate of drug-likeness (QED) is 0.460. The summed E-state index contributed by atoms with van der Waals surface area (Å²) in [6, 6.07) is 1.81. The second-order valence-corrected chi connectivity index (χ2v) is 1.79. The smallest absolute Gasteiger partial charge is 0.141 e. The second-order valence-electron chi connectivity index (χ2n) is 1.79. The molecular weight excluding hydrogens is 109 g/mol. The molecule has 3 heteroatoms. The molecule has 1 fully saturated rings. The summed E-state index contributed by atoms with van der Waals surface area (Å²) < 4.78 is 16.9. The SMILES string of the molecule is N#C[C@@H]1COC[C@H]1F. The molecule has 1 rings (SSSR count). The molecule has 1 aliphatic rings. The van der Waals surface area contributed by atoms with Gasteiger partial charge in [-0.05, 0) is 0 Å². The van der Waals surface area contributed by atoms with Gasteiger partial charge in [-0.1, -0.05) is 0 Å². The third-order valence-electron chi connectivity index (χ3n) is 1.18. The fourth-order valence-electron chi connectivity index (χ4n) is 0.646. The van der Waals surface area contributed by atoms with E-state index in [1.807, 2.05) is 6.07 Å². The molecular formula is C5H6FNO. The van der Waals surface area contributed by atoms with E-state index in [1.54, 1.807) is 0 Å². The summed E-state index contributed by atoms with van der Waals surface area (Å²) >= 11 is 0. The van der Waals surface area contributed by atoms with Crippen LogP contribution in [0.4, 0.5) is 4.39 Å². The van der Waals surface area contributed by atoms with Gasteiger partial charge < -0.3 is 4.74 Å². The van der Waals surface area contributed by atoms with Crippen LogP contribution in [0.1, 0.15) is 0 Å². The van der Waals surface area contributed by atoms with E-state index in [0.29, 0.717) is 0 Å². The minimum Gasteiger partial charge on any atom is -0.377 e. The molecule has 0 radical (unpaired) electrons. The lowest BCUT2D eigenvalue weighted by molar-refractivity contribution is 0.173. The van der Waals surface area contributed by atoms with Gasteiger partial charge >= 0.3 is 0 Å². The van der Waals surface area contributed by atoms with E-state index in [9.17, 15) is 4.39 Å². The Hall–Kier alpha value is -0.620. The zero-order valence-corrected chi connectivity index (χ0v) is 4.30. The minimum atomic E-state index is -1.06. The average molecular weight is 115 g/mol. The highest BCUT2D eigenvalue weighted by Gasteiger charge is 2.27. The van der Waals surface area contributed by atoms with Crippen LogP contribution < -0.4 is 0 Å². The number of rotatable bonds is 0. The molecule has 0 N–H and O–H groups in total. The van der Waals surface area contributed by atoms with Crippen molar-refractivity contribution >= 4 is 0 Å². The van der Waals surface area contributed by atoms with Crippen LogP contribution in [-0.4, -0.2) is 19.4 Å². The molecule has 0 unspecified atom stereocenters. The molecule has 1 aliphatic heterocycles. The fourth-order valence-corrected chi connectivity index (χ4v) is 0.646. The van der Waals surface area contributed by atoms with Crippen LogP contribution >= 0.6 is 0 Å². The van der Waals surface area contributed by atoms with Crippen LogP contribution in [0.25, 0.3) is 0 Å². The summed E-state index contributed by atoms with van der Waals surface area (Å²) in [6.45, 7) is 0.357. The third-order valence-corrected chi connectivity index (χ3v) is 1.18. The third kappa shape index (κ3) is 0.797. The van der Waals surface area contributed by atoms with Crippen LogP contribution in [0.3, 0.4) is 0 Å². The van der Waals surface area contributed by atoms with E-state index in [1.165, 1.54) is 0 Å². The van der Waals surface area contributed by atoms with Crippen molar-refractivity contribution in [3.63, 3.8) is 0 Å². The van der Waals surface area contributed by atoms with Gasteiger partial charge in [-0.15, -0.1) is 0 Å². The highest BCUT2D eigenvalue weighted by Crippen LogP contribution is 2.14. The normalized spacial score (nSPS) is 37.0. The van der Waals surface area contributed by atoms with Gasteiger partial charge in [0.1, 0.15) is 12.1 Å². The number of nitriles is 1. The van der Waals surface area contributed by atoms with E-state index in [-0.39, 0.29) is 13.2 Å². The molecule has 2 nitrogen and oxygen atoms in total. The minimum absolute atomic E-state index is 0.0955. The lowest BCUT2D eigenvalue weighted by Gasteiger charge is -1.94. The zero-order valence-electron chi connectivity index (χ0n) is 4.30. The Kier molecular flexibility index (Phi) is 1.45. The highest BCUT2D eigenvalue weighted by molar-refractivity contribution is 4.91. The van der Waals surface area contributed by atoms with Crippen molar-refractivity contribution in [2.45, 2.75) is 6.17 Å². The predicted octanol–water partition coefficient (Wildman–Crippen LogP) is 0.494. The first-order valence-electron chi connectivity index (χ1n) is 2.46. The van der Waals surface area contributed by atoms with E-state index in [4.69, 9.17) is 5.26 Å². The molecule has 8 heavy (non-hydrogen) atoms. The summed E-state index contributed by atoms with van der Waals surface area (Å²) in [4.78, 5) is 0. The lowest BCUT2D eigenvalue weighted by Crippen LogP contribution is -2.09. The standard InChI is InChI=1S/C5H6FNO/c6-5-3-8-2-4(5)1-7/h4-5H,2-3H2/t4-,5-/m1/s1. The van der Waals surface area contributed by atoms with E-state index < -0.39 is 12.1 Å². The molecule has 0 bridgehead atoms. The van der Waals surface area contributed by atoms with Gasteiger partial charge in [-0.3, -0.25) is 0 Å². The van der Waals surface area contributed by atoms with E-state index in [0.717, 1.165) is 0 Å². The van der Waals surface area contributed by atoms with Gasteiger partial charge in [0.2, 0.25) is 0 Å². The first-order valence-corrected chi connectivity index (χ1v) is 2.46. The van der Waals surface area contributed by atoms with Crippen LogP contribution in [-0.2, 0) is 4.74 Å². The van der Waals surface area contributed by atoms with Crippen LogP contribution in [0.15, 0.2) is 0 Å². The lowest BCUT2D eigenvalue weighted by atomic mass is 10.1. The Morgan fingerprint density at radius 1 is 1.62 bits per heavy atom. The largest absolute Gasteiger partial charge is 0.377 e. The van der Waals surface area contributed by atoms with Crippen molar-refractivity contribution in [2.75, 3.05) is 13.2 Å². The molecule has 0 amide bonds. The van der Waals surface area contributed by atoms with Gasteiger partial charge in [0, 0.05) is 0 Å². The van der Waals surface area contributed by atoms with Crippen molar-refractivity contribution in [1.82, 2.24) is 0 Å². The van der Waals surface area contributed by atoms with E-state index >= 15 is 0 Å². The first kappa shape index (κ1) is 5.52. The van der Waals surface area contributed by atoms with Crippen molar-refractivity contribution in [3.05, 3.63) is 0 Å². The van der Waals surface area contributed by atoms with Crippen LogP contribution in [0.5, 0.6) is 0 Å². The summed E-state index contributed by atoms with van der Waals surface area (Å²) in [5, 5.41) is 8.17. The second kappa shape index (κ2) is 2.10. The first-order chi connectivity index (χ1) is 3.84. The number of alkyl halides is 1. The zero-order chi connectivity index (χ0) is 5.98. The maximum absolute atomic E-state index is 12.2. The van der Waals surface area contributed by atoms with Crippen LogP contribution in [0.2, 0.25) is 0 Å². The van der Waals surface area contributed by atoms with Crippen molar-refractivity contribution in [3.8, 4) is 6.07 Å². The number of ether oxygens (including phenoxy) is 1. The van der Waals surface area contributed by atoms with Crippen LogP contribution in [0, 0.1) is 17.2 Å². The maximum atomic E-state index is 12.2. The summed E-state index contributed by atoms with van der Waals surface area (Å²) in [6.07, 6.45) is -1.06. The van der Waals surface area contributed by atoms with Gasteiger partial charge in [0.25, 0.3) is 0 Å². The van der Waals surface area contributed by atoms with Crippen molar-refractivity contribution in [2.24, 2.45) is 5.92 Å². The molecule has 0 aromatic carbocycles. The monoisotopic (exact) mass is 115 g/mol. The predicted molar refractivity (Wildman–Crippen MR) is 24.8 cm³/mol. The Bertz CT molecular complexity index is 120. The molecule has 1 saturated heterocycles. The fraction of sp³-hybridized carbons (Fsp3) is 0.800. The molecule has 44 valence electrons. The molecule has 1 heterocycles. The topological polar surface area (TPSA) is 33.0 Å². The average Bonchev–Trinajstić information content (AvgIpc) is 2.14. The Morgan fingerprint density at radius 2 is 2.38 bits per heavy atom. The molecule has 0 aromatic rings. The summed E-state index contributed by atoms with van der Waals surface area (Å²) in [5.41, 5.74) is 0. The molecule has 0 spiro atoms. The number of halogens is 1. The summed E-state index contributed by atoms with van der Waals surface area (Å²) in [5.74, 6) is -0.519. The van der Waals surface area contributed by atoms with E-state index in [2.05, 4.69) is 4.74 Å². The Morgan fingerprint density at radius 3 is 2.62 bits per heavy atom. The maximum Gasteiger partial charge on any atom is 0.141 e. The molecule has 0 aliphatic carbocycles. The molecule has 2 atom stereocenters. The molecule has 0 saturated carbocycles. The van der Waals surface area contributed by atoms with Gasteiger partial charge in [-0.2, -0.15) is 5.26 Å².